The van der Waals surface area contributed by atoms with Gasteiger partial charge in [-0.2, -0.15) is 18.3 Å². The Bertz CT molecular complexity index is 2030. The van der Waals surface area contributed by atoms with Gasteiger partial charge in [0.25, 0.3) is 0 Å². The van der Waals surface area contributed by atoms with Gasteiger partial charge >= 0.3 is 6.18 Å². The Morgan fingerprint density at radius 1 is 1.08 bits per heavy atom. The van der Waals surface area contributed by atoms with Gasteiger partial charge in [-0.1, -0.05) is 25.3 Å². The van der Waals surface area contributed by atoms with E-state index < -0.39 is 12.8 Å². The first-order valence-corrected chi connectivity index (χ1v) is 18.2. The van der Waals surface area contributed by atoms with Gasteiger partial charge in [-0.05, 0) is 93.4 Å². The summed E-state index contributed by atoms with van der Waals surface area (Å²) in [5.41, 5.74) is 3.79. The van der Waals surface area contributed by atoms with E-state index in [1.165, 1.54) is 6.08 Å². The maximum Gasteiger partial charge on any atom is 0.422 e. The van der Waals surface area contributed by atoms with Crippen LogP contribution in [0.4, 0.5) is 19.0 Å². The number of aryl methyl sites for hydroxylation is 1. The van der Waals surface area contributed by atoms with E-state index in [0.29, 0.717) is 71.5 Å². The zero-order valence-corrected chi connectivity index (χ0v) is 29.4. The number of rotatable bonds is 8. The molecule has 2 aromatic carbocycles. The van der Waals surface area contributed by atoms with Gasteiger partial charge in [0.2, 0.25) is 5.91 Å². The number of amides is 1. The van der Waals surface area contributed by atoms with Crippen molar-refractivity contribution in [3.63, 3.8) is 0 Å². The van der Waals surface area contributed by atoms with E-state index in [1.807, 2.05) is 30.0 Å². The molecule has 4 fully saturated rings. The van der Waals surface area contributed by atoms with E-state index >= 15 is 0 Å². The minimum atomic E-state index is -4.59. The minimum Gasteiger partial charge on any atom is -0.481 e. The number of nitrogens with one attached hydrogen (secondary N) is 1. The van der Waals surface area contributed by atoms with Crippen LogP contribution < -0.4 is 9.64 Å². The number of aromatic amines is 1. The van der Waals surface area contributed by atoms with Crippen molar-refractivity contribution in [1.82, 2.24) is 30.0 Å². The molecule has 0 unspecified atom stereocenters. The molecule has 5 heterocycles. The zero-order valence-electron chi connectivity index (χ0n) is 29.4. The average Bonchev–Trinajstić information content (AvgIpc) is 3.59. The molecule has 1 amide bonds. The molecule has 2 N–H and O–H groups in total. The highest BCUT2D eigenvalue weighted by Crippen LogP contribution is 2.48. The molecule has 274 valence electrons. The number of halogens is 3. The third-order valence-corrected chi connectivity index (χ3v) is 11.8. The number of fused-ring (bicyclic) bond motifs is 2. The Labute approximate surface area is 300 Å². The summed E-state index contributed by atoms with van der Waals surface area (Å²) in [6, 6.07) is 6.14. The summed E-state index contributed by atoms with van der Waals surface area (Å²) in [7, 11) is 0. The van der Waals surface area contributed by atoms with Crippen molar-refractivity contribution < 1.29 is 27.8 Å². The topological polar surface area (TPSA) is 111 Å². The minimum absolute atomic E-state index is 0.00248. The third-order valence-electron chi connectivity index (χ3n) is 11.8. The van der Waals surface area contributed by atoms with Gasteiger partial charge < -0.3 is 24.5 Å². The number of benzene rings is 2. The smallest absolute Gasteiger partial charge is 0.422 e. The lowest BCUT2D eigenvalue weighted by Crippen LogP contribution is -2.61. The lowest BCUT2D eigenvalue weighted by molar-refractivity contribution is -0.153. The maximum atomic E-state index is 14.0. The monoisotopic (exact) mass is 715 g/mol. The molecule has 4 aliphatic rings. The van der Waals surface area contributed by atoms with Crippen molar-refractivity contribution in [2.45, 2.75) is 69.7 Å². The van der Waals surface area contributed by atoms with Crippen molar-refractivity contribution in [2.24, 2.45) is 5.41 Å². The zero-order chi connectivity index (χ0) is 36.4. The summed E-state index contributed by atoms with van der Waals surface area (Å²) in [5, 5.41) is 18.5. The summed E-state index contributed by atoms with van der Waals surface area (Å²) >= 11 is 0. The van der Waals surface area contributed by atoms with Crippen molar-refractivity contribution >= 4 is 39.6 Å². The van der Waals surface area contributed by atoms with Crippen LogP contribution in [0, 0.1) is 12.3 Å². The first-order valence-electron chi connectivity index (χ1n) is 18.2. The molecule has 3 aliphatic heterocycles. The molecule has 0 bridgehead atoms. The number of anilines is 1. The number of aliphatic hydroxyl groups excluding tert-OH is 1. The van der Waals surface area contributed by atoms with Gasteiger partial charge in [0.1, 0.15) is 17.2 Å². The molecular weight excluding hydrogens is 671 g/mol. The number of carbonyl (C=O) groups is 1. The summed E-state index contributed by atoms with van der Waals surface area (Å²) in [6.45, 7) is 12.6. The van der Waals surface area contributed by atoms with Crippen LogP contribution in [0.5, 0.6) is 5.75 Å². The molecule has 1 aliphatic carbocycles. The lowest BCUT2D eigenvalue weighted by Gasteiger charge is -2.54. The summed E-state index contributed by atoms with van der Waals surface area (Å²) < 4.78 is 47.9. The maximum absolute atomic E-state index is 14.0. The quantitative estimate of drug-likeness (QED) is 0.202. The van der Waals surface area contributed by atoms with E-state index in [2.05, 4.69) is 33.2 Å². The van der Waals surface area contributed by atoms with Gasteiger partial charge in [0.05, 0.1) is 17.8 Å². The second kappa shape index (κ2) is 13.2. The highest BCUT2D eigenvalue weighted by atomic mass is 19.4. The number of hydrogen-bond donors (Lipinski definition) is 2. The number of aliphatic hydroxyl groups is 1. The highest BCUT2D eigenvalue weighted by Gasteiger charge is 2.46. The fourth-order valence-corrected chi connectivity index (χ4v) is 8.79. The molecule has 0 radical (unpaired) electrons. The van der Waals surface area contributed by atoms with Crippen molar-refractivity contribution in [1.29, 1.82) is 0 Å². The number of hydrogen-bond acceptors (Lipinski definition) is 8. The molecule has 2 aromatic heterocycles. The number of piperidine rings is 2. The Balaban J connectivity index is 1.25. The molecule has 8 rings (SSSR count). The van der Waals surface area contributed by atoms with Crippen LogP contribution in [0.2, 0.25) is 0 Å². The molecule has 52 heavy (non-hydrogen) atoms. The van der Waals surface area contributed by atoms with Crippen LogP contribution in [0.3, 0.4) is 0 Å². The number of carbonyl (C=O) groups excluding carboxylic acids is 1. The fraction of sp³-hybridized carbons (Fsp3) is 0.487. The van der Waals surface area contributed by atoms with Crippen molar-refractivity contribution in [3.05, 3.63) is 60.6 Å². The molecule has 4 aromatic rings. The Morgan fingerprint density at radius 3 is 2.46 bits per heavy atom. The molecule has 1 spiro atoms. The Hall–Kier alpha value is -4.49. The predicted octanol–water partition coefficient (Wildman–Crippen LogP) is 6.38. The average molecular weight is 716 g/mol. The first kappa shape index (κ1) is 34.6. The second-order valence-corrected chi connectivity index (χ2v) is 15.1. The van der Waals surface area contributed by atoms with Crippen molar-refractivity contribution in [3.8, 4) is 16.9 Å². The van der Waals surface area contributed by atoms with E-state index in [9.17, 15) is 23.1 Å². The Morgan fingerprint density at radius 2 is 1.81 bits per heavy atom. The largest absolute Gasteiger partial charge is 0.481 e. The fourth-order valence-electron chi connectivity index (χ4n) is 8.79. The number of ether oxygens (including phenoxy) is 1. The number of aromatic nitrogens is 4. The van der Waals surface area contributed by atoms with Gasteiger partial charge in [-0.15, -0.1) is 0 Å². The molecule has 13 heteroatoms. The van der Waals surface area contributed by atoms with E-state index in [1.54, 1.807) is 12.3 Å². The molecule has 3 saturated heterocycles. The van der Waals surface area contributed by atoms with Gasteiger partial charge in [0.15, 0.2) is 12.4 Å². The lowest BCUT2D eigenvalue weighted by atomic mass is 9.72. The van der Waals surface area contributed by atoms with E-state index in [0.717, 1.165) is 68.1 Å². The highest BCUT2D eigenvalue weighted by molar-refractivity contribution is 6.07. The first-order chi connectivity index (χ1) is 25.0. The normalized spacial score (nSPS) is 22.4. The number of alkyl halides is 3. The summed E-state index contributed by atoms with van der Waals surface area (Å²) in [4.78, 5) is 29.1. The standard InChI is InChI=1S/C39H44F3N7O3/c1-4-24-16-28-34(35(52-22-39(40,41)42)33(24)32-23(3)6-7-30-29(32)19-43-46-30)44-36(25-8-12-47(13-9-25)26-17-27(50)18-26)45-37(28)48-14-10-38(11-15-48)20-49(21-38)31(51)5-2/h4-7,16,19,25-27,50H,1-2,8-15,17-18,20-22H2,3H3,(H,43,46). The van der Waals surface area contributed by atoms with E-state index in [-0.39, 0.29) is 29.1 Å². The predicted molar refractivity (Wildman–Crippen MR) is 194 cm³/mol. The summed E-state index contributed by atoms with van der Waals surface area (Å²) in [6.07, 6.45) is 4.76. The van der Waals surface area contributed by atoms with Crippen LogP contribution in [0.1, 0.15) is 61.4 Å². The SMILES string of the molecule is C=CC(=O)N1CC2(CCN(c3nc(C4CCN(C5CC(O)C5)CC4)nc4c(OCC(F)(F)F)c(-c5c(C)ccc6[nH]ncc56)c(C=C)cc34)CC2)C1. The second-order valence-electron chi connectivity index (χ2n) is 15.1. The molecule has 0 atom stereocenters. The van der Waals surface area contributed by atoms with Gasteiger partial charge in [-0.25, -0.2) is 9.97 Å². The molecular formula is C39H44F3N7O3. The van der Waals surface area contributed by atoms with Crippen LogP contribution in [0.15, 0.2) is 43.6 Å². The number of nitrogens with zero attached hydrogens (tertiary/aromatic N) is 6. The van der Waals surface area contributed by atoms with Crippen LogP contribution in [-0.2, 0) is 4.79 Å². The van der Waals surface area contributed by atoms with Gasteiger partial charge in [-0.3, -0.25) is 9.89 Å². The molecule has 1 saturated carbocycles. The van der Waals surface area contributed by atoms with Gasteiger partial charge in [0, 0.05) is 59.9 Å². The van der Waals surface area contributed by atoms with Crippen LogP contribution in [0.25, 0.3) is 39.0 Å². The van der Waals surface area contributed by atoms with Crippen molar-refractivity contribution in [2.75, 3.05) is 50.8 Å². The summed E-state index contributed by atoms with van der Waals surface area (Å²) in [5.74, 6) is 1.29. The third kappa shape index (κ3) is 6.21. The number of likely N-dealkylation sites (tertiary alicyclic amines) is 2. The van der Waals surface area contributed by atoms with E-state index in [4.69, 9.17) is 14.7 Å². The van der Waals surface area contributed by atoms with Crippen LogP contribution in [-0.4, -0.2) is 105 Å². The molecule has 10 nitrogen and oxygen atoms in total. The Kier molecular flexibility index (Phi) is 8.76. The number of H-pyrrole nitrogens is 1. The van der Waals surface area contributed by atoms with Crippen LogP contribution >= 0.6 is 0 Å².